The zero-order valence-electron chi connectivity index (χ0n) is 14.4. The summed E-state index contributed by atoms with van der Waals surface area (Å²) >= 11 is 0. The highest BCUT2D eigenvalue weighted by molar-refractivity contribution is 5.55. The largest absolute Gasteiger partial charge is 0.454 e. The summed E-state index contributed by atoms with van der Waals surface area (Å²) in [6, 6.07) is 3.50. The van der Waals surface area contributed by atoms with Crippen LogP contribution in [0.15, 0.2) is 41.6 Å². The Morgan fingerprint density at radius 2 is 1.82 bits per heavy atom. The van der Waals surface area contributed by atoms with E-state index in [2.05, 4.69) is 24.8 Å². The minimum absolute atomic E-state index is 0.00942. The number of ether oxygens (including phenoxy) is 1. The van der Waals surface area contributed by atoms with Crippen LogP contribution in [0.3, 0.4) is 0 Å². The number of aromatic nitrogens is 5. The molecule has 7 nitrogen and oxygen atoms in total. The molecule has 0 amide bonds. The lowest BCUT2D eigenvalue weighted by atomic mass is 10.2. The Morgan fingerprint density at radius 1 is 1.11 bits per heavy atom. The molecule has 28 heavy (non-hydrogen) atoms. The Kier molecular flexibility index (Phi) is 5.34. The van der Waals surface area contributed by atoms with E-state index in [1.54, 1.807) is 0 Å². The molecule has 3 aromatic rings. The van der Waals surface area contributed by atoms with Gasteiger partial charge in [0.25, 0.3) is 5.56 Å². The summed E-state index contributed by atoms with van der Waals surface area (Å²) in [7, 11) is 0. The van der Waals surface area contributed by atoms with Crippen molar-refractivity contribution in [2.45, 2.75) is 19.6 Å². The average molecular weight is 395 g/mol. The molecule has 0 aliphatic carbocycles. The lowest BCUT2D eigenvalue weighted by Crippen LogP contribution is -2.23. The number of hydrogen-bond acceptors (Lipinski definition) is 6. The number of alkyl halides is 3. The van der Waals surface area contributed by atoms with Gasteiger partial charge >= 0.3 is 12.2 Å². The van der Waals surface area contributed by atoms with Gasteiger partial charge in [-0.25, -0.2) is 19.0 Å². The SMILES string of the molecule is Cc1ncc(Cn2nc(-c3cnc(OCC(F)(F)F)nc3)ccc2=O)cc1F. The van der Waals surface area contributed by atoms with Crippen LogP contribution in [0.4, 0.5) is 17.6 Å². The molecule has 3 rings (SSSR count). The second-order valence-electron chi connectivity index (χ2n) is 5.78. The van der Waals surface area contributed by atoms with Gasteiger partial charge in [-0.05, 0) is 24.6 Å². The van der Waals surface area contributed by atoms with E-state index in [9.17, 15) is 22.4 Å². The Morgan fingerprint density at radius 3 is 2.46 bits per heavy atom. The van der Waals surface area contributed by atoms with Crippen LogP contribution in [0.25, 0.3) is 11.3 Å². The number of pyridine rings is 1. The summed E-state index contributed by atoms with van der Waals surface area (Å²) in [6.07, 6.45) is -0.607. The third-order valence-corrected chi connectivity index (χ3v) is 3.57. The van der Waals surface area contributed by atoms with Crippen LogP contribution in [0.2, 0.25) is 0 Å². The second-order valence-corrected chi connectivity index (χ2v) is 5.78. The van der Waals surface area contributed by atoms with E-state index in [4.69, 9.17) is 0 Å². The second kappa shape index (κ2) is 7.71. The van der Waals surface area contributed by atoms with E-state index in [-0.39, 0.29) is 12.2 Å². The van der Waals surface area contributed by atoms with E-state index in [0.717, 1.165) is 4.68 Å². The van der Waals surface area contributed by atoms with Gasteiger partial charge in [0, 0.05) is 30.2 Å². The number of halogens is 4. The fraction of sp³-hybridized carbons (Fsp3) is 0.235. The van der Waals surface area contributed by atoms with Gasteiger partial charge in [0.2, 0.25) is 0 Å². The molecule has 0 aromatic carbocycles. The topological polar surface area (TPSA) is 82.8 Å². The number of hydrogen-bond donors (Lipinski definition) is 0. The van der Waals surface area contributed by atoms with Gasteiger partial charge in [-0.2, -0.15) is 18.3 Å². The molecule has 0 unspecified atom stereocenters. The maximum absolute atomic E-state index is 13.6. The van der Waals surface area contributed by atoms with Gasteiger partial charge in [0.1, 0.15) is 5.82 Å². The minimum atomic E-state index is -4.50. The zero-order chi connectivity index (χ0) is 20.3. The number of nitrogens with zero attached hydrogens (tertiary/aromatic N) is 5. The number of aryl methyl sites for hydroxylation is 1. The first kappa shape index (κ1) is 19.4. The highest BCUT2D eigenvalue weighted by atomic mass is 19.4. The van der Waals surface area contributed by atoms with Crippen LogP contribution in [-0.4, -0.2) is 37.5 Å². The first-order valence-corrected chi connectivity index (χ1v) is 7.92. The van der Waals surface area contributed by atoms with E-state index < -0.39 is 30.2 Å². The molecule has 0 aliphatic heterocycles. The lowest BCUT2D eigenvalue weighted by Gasteiger charge is -2.09. The molecule has 0 spiro atoms. The Labute approximate surface area is 155 Å². The maximum Gasteiger partial charge on any atom is 0.422 e. The van der Waals surface area contributed by atoms with Gasteiger partial charge < -0.3 is 4.74 Å². The van der Waals surface area contributed by atoms with E-state index in [1.807, 2.05) is 0 Å². The molecule has 3 heterocycles. The minimum Gasteiger partial charge on any atom is -0.454 e. The van der Waals surface area contributed by atoms with E-state index in [1.165, 1.54) is 43.7 Å². The quantitative estimate of drug-likeness (QED) is 0.618. The summed E-state index contributed by atoms with van der Waals surface area (Å²) in [5, 5.41) is 4.16. The van der Waals surface area contributed by atoms with Crippen molar-refractivity contribution in [1.29, 1.82) is 0 Å². The summed E-state index contributed by atoms with van der Waals surface area (Å²) in [5.74, 6) is -0.496. The molecule has 11 heteroatoms. The summed E-state index contributed by atoms with van der Waals surface area (Å²) < 4.78 is 55.6. The molecule has 0 radical (unpaired) electrons. The Balaban J connectivity index is 1.80. The molecule has 0 atom stereocenters. The van der Waals surface area contributed by atoms with Crippen LogP contribution in [0, 0.1) is 12.7 Å². The summed E-state index contributed by atoms with van der Waals surface area (Å²) in [6.45, 7) is 0.00731. The normalized spacial score (nSPS) is 11.5. The highest BCUT2D eigenvalue weighted by Gasteiger charge is 2.28. The zero-order valence-corrected chi connectivity index (χ0v) is 14.4. The summed E-state index contributed by atoms with van der Waals surface area (Å²) in [5.41, 5.74) is 0.935. The molecule has 0 aliphatic rings. The van der Waals surface area contributed by atoms with Crippen molar-refractivity contribution in [2.24, 2.45) is 0 Å². The van der Waals surface area contributed by atoms with Crippen LogP contribution in [0.5, 0.6) is 6.01 Å². The average Bonchev–Trinajstić information content (AvgIpc) is 2.65. The molecule has 146 valence electrons. The Hall–Kier alpha value is -3.37. The van der Waals surface area contributed by atoms with Crippen molar-refractivity contribution in [3.8, 4) is 17.3 Å². The molecular formula is C17H13F4N5O2. The highest BCUT2D eigenvalue weighted by Crippen LogP contribution is 2.18. The summed E-state index contributed by atoms with van der Waals surface area (Å²) in [4.78, 5) is 23.3. The first-order valence-electron chi connectivity index (χ1n) is 7.92. The third-order valence-electron chi connectivity index (χ3n) is 3.57. The van der Waals surface area contributed by atoms with Crippen molar-refractivity contribution in [3.05, 3.63) is 64.2 Å². The molecule has 3 aromatic heterocycles. The predicted molar refractivity (Wildman–Crippen MR) is 89.1 cm³/mol. The van der Waals surface area contributed by atoms with Crippen molar-refractivity contribution in [2.75, 3.05) is 6.61 Å². The monoisotopic (exact) mass is 395 g/mol. The van der Waals surface area contributed by atoms with Crippen molar-refractivity contribution < 1.29 is 22.3 Å². The van der Waals surface area contributed by atoms with Gasteiger partial charge in [0.05, 0.1) is 17.9 Å². The Bertz CT molecular complexity index is 1030. The predicted octanol–water partition coefficient (Wildman–Crippen LogP) is 2.53. The third kappa shape index (κ3) is 4.87. The molecular weight excluding hydrogens is 382 g/mol. The molecule has 0 fully saturated rings. The van der Waals surface area contributed by atoms with Gasteiger partial charge in [0.15, 0.2) is 6.61 Å². The molecule has 0 N–H and O–H groups in total. The number of rotatable bonds is 5. The molecule has 0 bridgehead atoms. The first-order chi connectivity index (χ1) is 13.2. The molecule has 0 saturated carbocycles. The van der Waals surface area contributed by atoms with Crippen LogP contribution < -0.4 is 10.3 Å². The van der Waals surface area contributed by atoms with Gasteiger partial charge in [-0.1, -0.05) is 0 Å². The fourth-order valence-electron chi connectivity index (χ4n) is 2.19. The van der Waals surface area contributed by atoms with Crippen LogP contribution >= 0.6 is 0 Å². The van der Waals surface area contributed by atoms with E-state index >= 15 is 0 Å². The molecule has 0 saturated heterocycles. The van der Waals surface area contributed by atoms with Crippen molar-refractivity contribution in [1.82, 2.24) is 24.7 Å². The van der Waals surface area contributed by atoms with E-state index in [0.29, 0.717) is 16.8 Å². The van der Waals surface area contributed by atoms with Crippen LogP contribution in [-0.2, 0) is 6.54 Å². The maximum atomic E-state index is 13.6. The fourth-order valence-corrected chi connectivity index (χ4v) is 2.19. The van der Waals surface area contributed by atoms with Crippen molar-refractivity contribution in [3.63, 3.8) is 0 Å². The lowest BCUT2D eigenvalue weighted by molar-refractivity contribution is -0.154. The standard InChI is InChI=1S/C17H13F4N5O2/c1-10-13(18)4-11(5-22-10)8-26-15(27)3-2-14(25-26)12-6-23-16(24-7-12)28-9-17(19,20)21/h2-7H,8-9H2,1H3. The van der Waals surface area contributed by atoms with Crippen LogP contribution in [0.1, 0.15) is 11.3 Å². The van der Waals surface area contributed by atoms with Crippen molar-refractivity contribution >= 4 is 0 Å². The smallest absolute Gasteiger partial charge is 0.422 e. The van der Waals surface area contributed by atoms with Gasteiger partial charge in [-0.3, -0.25) is 9.78 Å². The van der Waals surface area contributed by atoms with Gasteiger partial charge in [-0.15, -0.1) is 0 Å².